The van der Waals surface area contributed by atoms with E-state index in [0.29, 0.717) is 6.54 Å². The van der Waals surface area contributed by atoms with E-state index in [4.69, 9.17) is 4.74 Å². The van der Waals surface area contributed by atoms with Crippen molar-refractivity contribution in [3.63, 3.8) is 0 Å². The van der Waals surface area contributed by atoms with Gasteiger partial charge in [-0.1, -0.05) is 30.3 Å². The van der Waals surface area contributed by atoms with E-state index in [1.807, 2.05) is 23.0 Å². The molecule has 27 heavy (non-hydrogen) atoms. The normalized spacial score (nSPS) is 21.5. The first kappa shape index (κ1) is 18.2. The Balaban J connectivity index is 1.55. The zero-order valence-corrected chi connectivity index (χ0v) is 15.7. The number of nitrogens with zero attached hydrogens (tertiary/aromatic N) is 2. The number of carbonyl (C=O) groups excluding carboxylic acids is 1. The Morgan fingerprint density at radius 3 is 2.52 bits per heavy atom. The summed E-state index contributed by atoms with van der Waals surface area (Å²) in [6, 6.07) is 12.4. The van der Waals surface area contributed by atoms with E-state index < -0.39 is 5.54 Å². The summed E-state index contributed by atoms with van der Waals surface area (Å²) in [7, 11) is 0. The monoisotopic (exact) mass is 368 g/mol. The average Bonchev–Trinajstić information content (AvgIpc) is 3.29. The molecule has 1 aromatic heterocycles. The molecule has 2 aliphatic rings. The van der Waals surface area contributed by atoms with Gasteiger partial charge < -0.3 is 15.4 Å². The number of amides is 1. The molecule has 2 aliphatic heterocycles. The predicted octanol–water partition coefficient (Wildman–Crippen LogP) is 1.83. The van der Waals surface area contributed by atoms with Crippen molar-refractivity contribution in [3.8, 4) is 0 Å². The number of piperidine rings is 1. The first-order chi connectivity index (χ1) is 13.3. The van der Waals surface area contributed by atoms with Crippen LogP contribution in [0.25, 0.3) is 0 Å². The van der Waals surface area contributed by atoms with Crippen LogP contribution in [0, 0.1) is 0 Å². The van der Waals surface area contributed by atoms with Gasteiger partial charge in [0.15, 0.2) is 0 Å². The maximum Gasteiger partial charge on any atom is 0.248 e. The van der Waals surface area contributed by atoms with Crippen LogP contribution >= 0.6 is 0 Å². The fourth-order valence-corrected chi connectivity index (χ4v) is 4.46. The summed E-state index contributed by atoms with van der Waals surface area (Å²) in [5, 5.41) is 11.1. The molecule has 2 N–H and O–H groups in total. The average molecular weight is 368 g/mol. The Hall–Kier alpha value is -2.18. The van der Waals surface area contributed by atoms with Crippen molar-refractivity contribution < 1.29 is 9.53 Å². The molecule has 0 spiro atoms. The van der Waals surface area contributed by atoms with Gasteiger partial charge in [0.05, 0.1) is 0 Å². The summed E-state index contributed by atoms with van der Waals surface area (Å²) in [6.07, 6.45) is 7.01. The van der Waals surface area contributed by atoms with Crippen molar-refractivity contribution in [2.45, 2.75) is 36.6 Å². The third-order valence-corrected chi connectivity index (χ3v) is 6.22. The van der Waals surface area contributed by atoms with E-state index in [2.05, 4.69) is 40.0 Å². The molecule has 0 atom stereocenters. The molecule has 0 saturated carbocycles. The first-order valence-corrected chi connectivity index (χ1v) is 9.88. The third kappa shape index (κ3) is 3.51. The van der Waals surface area contributed by atoms with Crippen LogP contribution in [0.4, 0.5) is 0 Å². The molecule has 6 heteroatoms. The summed E-state index contributed by atoms with van der Waals surface area (Å²) >= 11 is 0. The lowest BCUT2D eigenvalue weighted by atomic mass is 9.74. The fraction of sp³-hybridized carbons (Fsp3) is 0.524. The number of ether oxygens (including phenoxy) is 1. The highest BCUT2D eigenvalue weighted by atomic mass is 16.5. The van der Waals surface area contributed by atoms with E-state index in [1.165, 1.54) is 5.56 Å². The predicted molar refractivity (Wildman–Crippen MR) is 103 cm³/mol. The van der Waals surface area contributed by atoms with E-state index in [9.17, 15) is 4.79 Å². The number of rotatable bonds is 5. The van der Waals surface area contributed by atoms with Crippen molar-refractivity contribution in [2.24, 2.45) is 0 Å². The van der Waals surface area contributed by atoms with Gasteiger partial charge in [-0.25, -0.2) is 0 Å². The highest BCUT2D eigenvalue weighted by Crippen LogP contribution is 2.35. The Labute approximate surface area is 160 Å². The summed E-state index contributed by atoms with van der Waals surface area (Å²) in [5.74, 6) is 0.0782. The number of hydrogen-bond acceptors (Lipinski definition) is 4. The topological polar surface area (TPSA) is 68.2 Å². The van der Waals surface area contributed by atoms with E-state index in [0.717, 1.165) is 52.0 Å². The molecule has 6 nitrogen and oxygen atoms in total. The van der Waals surface area contributed by atoms with Crippen LogP contribution in [0.5, 0.6) is 0 Å². The van der Waals surface area contributed by atoms with Crippen LogP contribution in [0.3, 0.4) is 0 Å². The lowest BCUT2D eigenvalue weighted by Crippen LogP contribution is -2.56. The van der Waals surface area contributed by atoms with Crippen LogP contribution in [-0.4, -0.2) is 48.5 Å². The molecule has 1 amide bonds. The summed E-state index contributed by atoms with van der Waals surface area (Å²) in [5.41, 5.74) is 0.623. The van der Waals surface area contributed by atoms with Gasteiger partial charge in [-0.3, -0.25) is 9.48 Å². The van der Waals surface area contributed by atoms with Gasteiger partial charge in [-0.2, -0.15) is 5.10 Å². The zero-order valence-electron chi connectivity index (χ0n) is 15.7. The molecular formula is C21H28N4O2. The molecule has 144 valence electrons. The highest BCUT2D eigenvalue weighted by molar-refractivity contribution is 5.84. The van der Waals surface area contributed by atoms with Crippen molar-refractivity contribution in [1.29, 1.82) is 0 Å². The maximum atomic E-state index is 13.4. The van der Waals surface area contributed by atoms with Crippen LogP contribution in [-0.2, 0) is 20.5 Å². The van der Waals surface area contributed by atoms with Gasteiger partial charge in [-0.15, -0.1) is 0 Å². The Bertz CT molecular complexity index is 733. The number of carbonyl (C=O) groups is 1. The summed E-state index contributed by atoms with van der Waals surface area (Å²) < 4.78 is 7.46. The van der Waals surface area contributed by atoms with E-state index >= 15 is 0 Å². The molecule has 0 radical (unpaired) electrons. The lowest BCUT2D eigenvalue weighted by Gasteiger charge is -2.41. The Morgan fingerprint density at radius 2 is 1.85 bits per heavy atom. The summed E-state index contributed by atoms with van der Waals surface area (Å²) in [6.45, 7) is 3.75. The standard InChI is InChI=1S/C21H28N4O2/c26-19(21(7-12-22-13-8-21)25-14-4-11-24-25)23-17-20(9-15-27-16-10-20)18-5-2-1-3-6-18/h1-6,11,14,22H,7-10,12-13,15-17H2,(H,23,26). The van der Waals surface area contributed by atoms with Crippen LogP contribution < -0.4 is 10.6 Å². The molecule has 3 heterocycles. The molecule has 1 aromatic carbocycles. The summed E-state index contributed by atoms with van der Waals surface area (Å²) in [4.78, 5) is 13.4. The van der Waals surface area contributed by atoms with E-state index in [-0.39, 0.29) is 11.3 Å². The van der Waals surface area contributed by atoms with Gasteiger partial charge in [0.25, 0.3) is 0 Å². The van der Waals surface area contributed by atoms with Crippen molar-refractivity contribution in [3.05, 3.63) is 54.4 Å². The largest absolute Gasteiger partial charge is 0.381 e. The minimum absolute atomic E-state index is 0.0621. The molecule has 0 aliphatic carbocycles. The second-order valence-electron chi connectivity index (χ2n) is 7.67. The van der Waals surface area contributed by atoms with Gasteiger partial charge >= 0.3 is 0 Å². The Morgan fingerprint density at radius 1 is 1.11 bits per heavy atom. The number of aromatic nitrogens is 2. The van der Waals surface area contributed by atoms with E-state index in [1.54, 1.807) is 6.20 Å². The number of nitrogens with one attached hydrogen (secondary N) is 2. The number of hydrogen-bond donors (Lipinski definition) is 2. The second-order valence-corrected chi connectivity index (χ2v) is 7.67. The van der Waals surface area contributed by atoms with Crippen LogP contribution in [0.15, 0.2) is 48.8 Å². The minimum Gasteiger partial charge on any atom is -0.381 e. The molecule has 0 unspecified atom stereocenters. The fourth-order valence-electron chi connectivity index (χ4n) is 4.46. The molecule has 2 saturated heterocycles. The number of benzene rings is 1. The van der Waals surface area contributed by atoms with Gasteiger partial charge in [-0.05, 0) is 50.4 Å². The minimum atomic E-state index is -0.599. The molecule has 0 bridgehead atoms. The Kier molecular flexibility index (Phi) is 5.27. The zero-order chi connectivity index (χ0) is 18.6. The molecule has 4 rings (SSSR count). The quantitative estimate of drug-likeness (QED) is 0.845. The third-order valence-electron chi connectivity index (χ3n) is 6.22. The van der Waals surface area contributed by atoms with Crippen LogP contribution in [0.1, 0.15) is 31.2 Å². The van der Waals surface area contributed by atoms with Crippen molar-refractivity contribution >= 4 is 5.91 Å². The first-order valence-electron chi connectivity index (χ1n) is 9.88. The maximum absolute atomic E-state index is 13.4. The van der Waals surface area contributed by atoms with Gasteiger partial charge in [0.2, 0.25) is 5.91 Å². The van der Waals surface area contributed by atoms with Crippen molar-refractivity contribution in [1.82, 2.24) is 20.4 Å². The highest BCUT2D eigenvalue weighted by Gasteiger charge is 2.43. The van der Waals surface area contributed by atoms with Crippen LogP contribution in [0.2, 0.25) is 0 Å². The second kappa shape index (κ2) is 7.82. The molecule has 2 aromatic rings. The van der Waals surface area contributed by atoms with Gasteiger partial charge in [0.1, 0.15) is 5.54 Å². The van der Waals surface area contributed by atoms with Gasteiger partial charge in [0, 0.05) is 37.6 Å². The lowest BCUT2D eigenvalue weighted by molar-refractivity contribution is -0.132. The molecular weight excluding hydrogens is 340 g/mol. The smallest absolute Gasteiger partial charge is 0.248 e. The van der Waals surface area contributed by atoms with Crippen molar-refractivity contribution in [2.75, 3.05) is 32.8 Å². The molecule has 2 fully saturated rings. The SMILES string of the molecule is O=C(NCC1(c2ccccc2)CCOCC1)C1(n2cccn2)CCNCC1.